The molecule has 0 radical (unpaired) electrons. The van der Waals surface area contributed by atoms with Gasteiger partial charge < -0.3 is 4.90 Å². The molecule has 0 N–H and O–H groups in total. The predicted octanol–water partition coefficient (Wildman–Crippen LogP) is 3.83. The van der Waals surface area contributed by atoms with E-state index in [1.807, 2.05) is 34.8 Å². The second kappa shape index (κ2) is 10.2. The Kier molecular flexibility index (Phi) is 6.99. The second-order valence-electron chi connectivity index (χ2n) is 10.2. The van der Waals surface area contributed by atoms with Gasteiger partial charge in [-0.15, -0.1) is 0 Å². The smallest absolute Gasteiger partial charge is 0.257 e. The maximum absolute atomic E-state index is 13.5. The van der Waals surface area contributed by atoms with Crippen molar-refractivity contribution in [2.24, 2.45) is 7.05 Å². The molecule has 1 aromatic heterocycles. The molecule has 0 bridgehead atoms. The highest BCUT2D eigenvalue weighted by Gasteiger charge is 2.33. The van der Waals surface area contributed by atoms with Gasteiger partial charge in [0.1, 0.15) is 0 Å². The van der Waals surface area contributed by atoms with E-state index < -0.39 is 9.84 Å². The average Bonchev–Trinajstić information content (AvgIpc) is 3.52. The van der Waals surface area contributed by atoms with E-state index in [1.165, 1.54) is 11.8 Å². The van der Waals surface area contributed by atoms with Crippen molar-refractivity contribution in [1.29, 1.82) is 0 Å². The Morgan fingerprint density at radius 1 is 0.944 bits per heavy atom. The van der Waals surface area contributed by atoms with Gasteiger partial charge in [-0.25, -0.2) is 8.42 Å². The van der Waals surface area contributed by atoms with Gasteiger partial charge in [-0.05, 0) is 55.6 Å². The number of aryl methyl sites for hydroxylation is 1. The molecule has 36 heavy (non-hydrogen) atoms. The van der Waals surface area contributed by atoms with Crippen molar-refractivity contribution in [1.82, 2.24) is 19.6 Å². The van der Waals surface area contributed by atoms with Crippen LogP contribution in [0.5, 0.6) is 0 Å². The Hall–Kier alpha value is -2.97. The number of carbonyl (C=O) groups excluding carboxylic acids is 1. The average molecular weight is 507 g/mol. The van der Waals surface area contributed by atoms with Crippen LogP contribution in [-0.4, -0.2) is 66.3 Å². The summed E-state index contributed by atoms with van der Waals surface area (Å²) < 4.78 is 25.3. The molecule has 2 aliphatic rings. The van der Waals surface area contributed by atoms with E-state index in [9.17, 15) is 13.2 Å². The largest absolute Gasteiger partial charge is 0.338 e. The van der Waals surface area contributed by atoms with Gasteiger partial charge in [0.15, 0.2) is 9.84 Å². The molecule has 2 saturated heterocycles. The lowest BCUT2D eigenvalue weighted by atomic mass is 9.90. The molecule has 2 aliphatic heterocycles. The number of piperidine rings is 1. The molecule has 1 amide bonds. The zero-order chi connectivity index (χ0) is 25.3. The lowest BCUT2D eigenvalue weighted by Gasteiger charge is -2.32. The van der Waals surface area contributed by atoms with Crippen molar-refractivity contribution in [2.45, 2.75) is 42.5 Å². The van der Waals surface area contributed by atoms with E-state index in [1.54, 1.807) is 18.3 Å². The molecular formula is C28H34N4O3S. The number of hydrogen-bond acceptors (Lipinski definition) is 5. The van der Waals surface area contributed by atoms with Gasteiger partial charge >= 0.3 is 0 Å². The minimum absolute atomic E-state index is 0.102. The fraction of sp³-hybridized carbons (Fsp3) is 0.429. The second-order valence-corrected chi connectivity index (χ2v) is 12.2. The molecular weight excluding hydrogens is 472 g/mol. The molecule has 190 valence electrons. The molecule has 0 unspecified atom stereocenters. The van der Waals surface area contributed by atoms with Gasteiger partial charge in [0.2, 0.25) is 0 Å². The first-order valence-electron chi connectivity index (χ1n) is 12.7. The Morgan fingerprint density at radius 2 is 1.61 bits per heavy atom. The molecule has 5 rings (SSSR count). The van der Waals surface area contributed by atoms with Crippen LogP contribution in [-0.2, 0) is 23.4 Å². The van der Waals surface area contributed by atoms with Gasteiger partial charge in [-0.2, -0.15) is 5.10 Å². The summed E-state index contributed by atoms with van der Waals surface area (Å²) in [5, 5.41) is 4.48. The molecule has 3 heterocycles. The zero-order valence-electron chi connectivity index (χ0n) is 21.0. The quantitative estimate of drug-likeness (QED) is 0.508. The van der Waals surface area contributed by atoms with Crippen LogP contribution in [0.4, 0.5) is 0 Å². The van der Waals surface area contributed by atoms with E-state index in [2.05, 4.69) is 34.3 Å². The van der Waals surface area contributed by atoms with Crippen LogP contribution in [0, 0.1) is 0 Å². The third kappa shape index (κ3) is 5.25. The first kappa shape index (κ1) is 24.7. The van der Waals surface area contributed by atoms with Crippen molar-refractivity contribution >= 4 is 15.7 Å². The van der Waals surface area contributed by atoms with Crippen molar-refractivity contribution < 1.29 is 13.2 Å². The molecule has 8 heteroatoms. The number of amides is 1. The maximum atomic E-state index is 13.5. The molecule has 0 saturated carbocycles. The Morgan fingerprint density at radius 3 is 2.28 bits per heavy atom. The van der Waals surface area contributed by atoms with E-state index >= 15 is 0 Å². The summed E-state index contributed by atoms with van der Waals surface area (Å²) in [7, 11) is -1.23. The summed E-state index contributed by atoms with van der Waals surface area (Å²) in [6.07, 6.45) is 5.91. The summed E-state index contributed by atoms with van der Waals surface area (Å²) >= 11 is 0. The summed E-state index contributed by atoms with van der Waals surface area (Å²) in [5.74, 6) is 0.794. The van der Waals surface area contributed by atoms with E-state index in [4.69, 9.17) is 0 Å². The monoisotopic (exact) mass is 506 g/mol. The van der Waals surface area contributed by atoms with Crippen LogP contribution < -0.4 is 0 Å². The molecule has 1 atom stereocenters. The lowest BCUT2D eigenvalue weighted by Crippen LogP contribution is -2.34. The number of hydrogen-bond donors (Lipinski definition) is 0. The van der Waals surface area contributed by atoms with Crippen LogP contribution in [0.3, 0.4) is 0 Å². The van der Waals surface area contributed by atoms with Crippen molar-refractivity contribution in [3.8, 4) is 0 Å². The molecule has 3 aromatic rings. The summed E-state index contributed by atoms with van der Waals surface area (Å²) in [6.45, 7) is 4.19. The number of carbonyl (C=O) groups is 1. The highest BCUT2D eigenvalue weighted by atomic mass is 32.2. The SMILES string of the molecule is Cn1ncc(C(=O)N2CC[C@H](c3ccccc3)C2)c1C1CCN(Cc2ccc(S(C)(=O)=O)cc2)CC1. The van der Waals surface area contributed by atoms with Crippen LogP contribution >= 0.6 is 0 Å². The van der Waals surface area contributed by atoms with Crippen molar-refractivity contribution in [2.75, 3.05) is 32.4 Å². The van der Waals surface area contributed by atoms with Gasteiger partial charge in [-0.3, -0.25) is 14.4 Å². The minimum Gasteiger partial charge on any atom is -0.338 e. The number of nitrogens with zero attached hydrogens (tertiary/aromatic N) is 4. The Balaban J connectivity index is 1.21. The number of likely N-dealkylation sites (tertiary alicyclic amines) is 2. The van der Waals surface area contributed by atoms with Gasteiger partial charge in [0.25, 0.3) is 5.91 Å². The number of aromatic nitrogens is 2. The molecule has 2 aromatic carbocycles. The molecule has 0 spiro atoms. The number of rotatable bonds is 6. The predicted molar refractivity (Wildman–Crippen MR) is 140 cm³/mol. The fourth-order valence-electron chi connectivity index (χ4n) is 5.67. The van der Waals surface area contributed by atoms with Gasteiger partial charge in [0.05, 0.1) is 22.3 Å². The highest BCUT2D eigenvalue weighted by molar-refractivity contribution is 7.90. The molecule has 0 aliphatic carbocycles. The highest BCUT2D eigenvalue weighted by Crippen LogP contribution is 2.33. The van der Waals surface area contributed by atoms with Gasteiger partial charge in [-0.1, -0.05) is 42.5 Å². The zero-order valence-corrected chi connectivity index (χ0v) is 21.8. The Bertz CT molecular complexity index is 1310. The van der Waals surface area contributed by atoms with E-state index in [0.717, 1.165) is 68.8 Å². The standard InChI is InChI=1S/C28H34N4O3S/c1-30-27(23-12-15-31(16-13-23)19-21-8-10-25(11-9-21)36(2,34)35)26(18-29-30)28(33)32-17-14-24(20-32)22-6-4-3-5-7-22/h3-11,18,23-24H,12-17,19-20H2,1-2H3/t24-/m0/s1. The first-order chi connectivity index (χ1) is 17.3. The van der Waals surface area contributed by atoms with Crippen LogP contribution in [0.25, 0.3) is 0 Å². The summed E-state index contributed by atoms with van der Waals surface area (Å²) in [6, 6.07) is 17.6. The lowest BCUT2D eigenvalue weighted by molar-refractivity contribution is 0.0788. The van der Waals surface area contributed by atoms with Crippen LogP contribution in [0.2, 0.25) is 0 Å². The van der Waals surface area contributed by atoms with Crippen LogP contribution in [0.15, 0.2) is 65.7 Å². The molecule has 2 fully saturated rings. The molecule has 7 nitrogen and oxygen atoms in total. The van der Waals surface area contributed by atoms with Gasteiger partial charge in [0, 0.05) is 44.8 Å². The van der Waals surface area contributed by atoms with Crippen molar-refractivity contribution in [3.05, 3.63) is 83.2 Å². The number of sulfone groups is 1. The van der Waals surface area contributed by atoms with Crippen LogP contribution in [0.1, 0.15) is 58.3 Å². The Labute approximate surface area is 213 Å². The van der Waals surface area contributed by atoms with Crippen molar-refractivity contribution in [3.63, 3.8) is 0 Å². The maximum Gasteiger partial charge on any atom is 0.257 e. The minimum atomic E-state index is -3.18. The third-order valence-electron chi connectivity index (χ3n) is 7.69. The van der Waals surface area contributed by atoms with E-state index in [0.29, 0.717) is 16.7 Å². The summed E-state index contributed by atoms with van der Waals surface area (Å²) in [5.41, 5.74) is 4.22. The third-order valence-corrected chi connectivity index (χ3v) is 8.82. The summed E-state index contributed by atoms with van der Waals surface area (Å²) in [4.78, 5) is 18.3. The van der Waals surface area contributed by atoms with E-state index in [-0.39, 0.29) is 5.91 Å². The normalized spacial score (nSPS) is 19.6. The number of benzene rings is 2. The fourth-order valence-corrected chi connectivity index (χ4v) is 6.30. The topological polar surface area (TPSA) is 75.5 Å². The first-order valence-corrected chi connectivity index (χ1v) is 14.6.